The third-order valence-corrected chi connectivity index (χ3v) is 5.15. The van der Waals surface area contributed by atoms with Crippen LogP contribution in [0.2, 0.25) is 5.02 Å². The summed E-state index contributed by atoms with van der Waals surface area (Å²) in [4.78, 5) is 13.4. The lowest BCUT2D eigenvalue weighted by atomic mass is 10.00. The van der Waals surface area contributed by atoms with E-state index in [-0.39, 0.29) is 22.4 Å². The summed E-state index contributed by atoms with van der Waals surface area (Å²) in [5, 5.41) is 16.3. The number of carbonyl (C=O) groups is 1. The van der Waals surface area contributed by atoms with Crippen LogP contribution in [-0.4, -0.2) is 23.3 Å². The predicted molar refractivity (Wildman–Crippen MR) is 124 cm³/mol. The molecule has 1 amide bonds. The minimum atomic E-state index is -0.245. The molecule has 0 saturated heterocycles. The molecule has 0 bridgehead atoms. The van der Waals surface area contributed by atoms with Gasteiger partial charge in [-0.05, 0) is 49.8 Å². The molecule has 3 aromatic carbocycles. The molecule has 1 aliphatic rings. The highest BCUT2D eigenvalue weighted by molar-refractivity contribution is 6.37. The van der Waals surface area contributed by atoms with Gasteiger partial charge in [0.25, 0.3) is 5.91 Å². The number of halogens is 1. The summed E-state index contributed by atoms with van der Waals surface area (Å²) in [6, 6.07) is 20.4. The van der Waals surface area contributed by atoms with Crippen molar-refractivity contribution in [3.05, 3.63) is 94.0 Å². The van der Waals surface area contributed by atoms with E-state index < -0.39 is 0 Å². The van der Waals surface area contributed by atoms with E-state index in [9.17, 15) is 9.90 Å². The number of aromatic hydroxyl groups is 1. The summed E-state index contributed by atoms with van der Waals surface area (Å²) in [5.41, 5.74) is 4.23. The summed E-state index contributed by atoms with van der Waals surface area (Å²) in [7, 11) is 0. The molecule has 1 aliphatic heterocycles. The first-order valence-corrected chi connectivity index (χ1v) is 10.3. The highest BCUT2D eigenvalue weighted by Crippen LogP contribution is 2.37. The molecule has 0 unspecified atom stereocenters. The van der Waals surface area contributed by atoms with Crippen molar-refractivity contribution in [2.45, 2.75) is 13.8 Å². The number of aryl methyl sites for hydroxylation is 1. The molecule has 0 aromatic heterocycles. The van der Waals surface area contributed by atoms with E-state index in [0.717, 1.165) is 11.1 Å². The van der Waals surface area contributed by atoms with E-state index in [1.165, 1.54) is 5.01 Å². The molecule has 156 valence electrons. The van der Waals surface area contributed by atoms with Gasteiger partial charge in [-0.15, -0.1) is 0 Å². The Kier molecular flexibility index (Phi) is 5.78. The third-order valence-electron chi connectivity index (χ3n) is 4.87. The number of anilines is 1. The van der Waals surface area contributed by atoms with Crippen LogP contribution in [0.5, 0.6) is 11.5 Å². The summed E-state index contributed by atoms with van der Waals surface area (Å²) in [5.74, 6) is -0.104. The van der Waals surface area contributed by atoms with Gasteiger partial charge in [0.05, 0.1) is 22.9 Å². The van der Waals surface area contributed by atoms with E-state index in [4.69, 9.17) is 16.3 Å². The van der Waals surface area contributed by atoms with Gasteiger partial charge >= 0.3 is 0 Å². The van der Waals surface area contributed by atoms with Crippen molar-refractivity contribution < 1.29 is 14.6 Å². The van der Waals surface area contributed by atoms with Crippen molar-refractivity contribution in [2.24, 2.45) is 5.10 Å². The summed E-state index contributed by atoms with van der Waals surface area (Å²) in [6.07, 6.45) is 1.72. The Bertz CT molecular complexity index is 1190. The zero-order chi connectivity index (χ0) is 22.0. The molecule has 6 heteroatoms. The van der Waals surface area contributed by atoms with Crippen LogP contribution in [0.25, 0.3) is 6.08 Å². The monoisotopic (exact) mass is 432 g/mol. The molecule has 0 atom stereocenters. The van der Waals surface area contributed by atoms with Crippen LogP contribution in [0.15, 0.2) is 77.4 Å². The summed E-state index contributed by atoms with van der Waals surface area (Å²) >= 11 is 6.18. The van der Waals surface area contributed by atoms with Crippen LogP contribution in [0.1, 0.15) is 23.6 Å². The van der Waals surface area contributed by atoms with Crippen LogP contribution >= 0.6 is 11.6 Å². The van der Waals surface area contributed by atoms with Crippen LogP contribution in [-0.2, 0) is 4.79 Å². The number of hydrogen-bond donors (Lipinski definition) is 1. The second kappa shape index (κ2) is 8.66. The van der Waals surface area contributed by atoms with Crippen molar-refractivity contribution in [3.8, 4) is 11.5 Å². The number of amides is 1. The van der Waals surface area contributed by atoms with Crippen molar-refractivity contribution in [2.75, 3.05) is 11.6 Å². The molecular formula is C25H21ClN2O3. The van der Waals surface area contributed by atoms with E-state index in [1.54, 1.807) is 18.2 Å². The van der Waals surface area contributed by atoms with Gasteiger partial charge in [-0.25, -0.2) is 0 Å². The van der Waals surface area contributed by atoms with Crippen molar-refractivity contribution in [1.29, 1.82) is 0 Å². The molecule has 0 fully saturated rings. The number of rotatable bonds is 5. The quantitative estimate of drug-likeness (QED) is 0.535. The van der Waals surface area contributed by atoms with E-state index in [2.05, 4.69) is 5.10 Å². The summed E-state index contributed by atoms with van der Waals surface area (Å²) < 4.78 is 5.47. The van der Waals surface area contributed by atoms with E-state index >= 15 is 0 Å². The fourth-order valence-corrected chi connectivity index (χ4v) is 3.54. The average molecular weight is 433 g/mol. The number of carbonyl (C=O) groups excluding carboxylic acids is 1. The third kappa shape index (κ3) is 4.18. The zero-order valence-electron chi connectivity index (χ0n) is 17.2. The Balaban J connectivity index is 1.83. The smallest absolute Gasteiger partial charge is 0.281 e. The highest BCUT2D eigenvalue weighted by Gasteiger charge is 2.32. The van der Waals surface area contributed by atoms with Gasteiger partial charge in [-0.3, -0.25) is 4.79 Å². The molecule has 0 radical (unpaired) electrons. The fourth-order valence-electron chi connectivity index (χ4n) is 3.32. The SMILES string of the molecule is CCOc1cc(/C=C2\C(=O)N(c3ccc(C)cc3)N=C2c2ccccc2)cc(Cl)c1O. The second-order valence-electron chi connectivity index (χ2n) is 7.11. The number of phenolic OH excluding ortho intramolecular Hbond substituents is 1. The average Bonchev–Trinajstić information content (AvgIpc) is 3.09. The standard InChI is InChI=1S/C25H21ClN2O3/c1-3-31-22-15-17(14-21(26)24(22)29)13-20-23(18-7-5-4-6-8-18)27-28(25(20)30)19-11-9-16(2)10-12-19/h4-15,29H,3H2,1-2H3/b20-13-. The fraction of sp³-hybridized carbons (Fsp3) is 0.120. The first-order chi connectivity index (χ1) is 15.0. The van der Waals surface area contributed by atoms with Gasteiger partial charge in [-0.1, -0.05) is 59.6 Å². The van der Waals surface area contributed by atoms with Crippen molar-refractivity contribution >= 4 is 35.0 Å². The molecule has 1 heterocycles. The Morgan fingerprint density at radius 2 is 1.81 bits per heavy atom. The van der Waals surface area contributed by atoms with Crippen LogP contribution in [0.3, 0.4) is 0 Å². The molecule has 1 N–H and O–H groups in total. The van der Waals surface area contributed by atoms with Gasteiger partial charge in [0.15, 0.2) is 11.5 Å². The minimum absolute atomic E-state index is 0.123. The second-order valence-corrected chi connectivity index (χ2v) is 7.51. The predicted octanol–water partition coefficient (Wildman–Crippen LogP) is 5.59. The zero-order valence-corrected chi connectivity index (χ0v) is 17.9. The van der Waals surface area contributed by atoms with Crippen LogP contribution < -0.4 is 9.75 Å². The molecule has 0 saturated carbocycles. The van der Waals surface area contributed by atoms with Gasteiger partial charge in [0.1, 0.15) is 5.71 Å². The maximum atomic E-state index is 13.4. The molecule has 0 spiro atoms. The largest absolute Gasteiger partial charge is 0.503 e. The molecule has 0 aliphatic carbocycles. The Morgan fingerprint density at radius 3 is 2.48 bits per heavy atom. The molecule has 4 rings (SSSR count). The number of phenols is 1. The Labute approximate surface area is 185 Å². The first-order valence-electron chi connectivity index (χ1n) is 9.90. The highest BCUT2D eigenvalue weighted by atomic mass is 35.5. The van der Waals surface area contributed by atoms with Gasteiger partial charge in [0.2, 0.25) is 0 Å². The summed E-state index contributed by atoms with van der Waals surface area (Å²) in [6.45, 7) is 4.18. The number of nitrogens with zero attached hydrogens (tertiary/aromatic N) is 2. The Morgan fingerprint density at radius 1 is 1.10 bits per heavy atom. The molecule has 3 aromatic rings. The number of hydrazone groups is 1. The first kappa shape index (κ1) is 20.7. The van der Waals surface area contributed by atoms with Crippen LogP contribution in [0.4, 0.5) is 5.69 Å². The lowest BCUT2D eigenvalue weighted by Crippen LogP contribution is -2.21. The van der Waals surface area contributed by atoms with Gasteiger partial charge in [-0.2, -0.15) is 10.1 Å². The topological polar surface area (TPSA) is 62.1 Å². The lowest BCUT2D eigenvalue weighted by molar-refractivity contribution is -0.114. The number of benzene rings is 3. The maximum absolute atomic E-state index is 13.4. The minimum Gasteiger partial charge on any atom is -0.503 e. The lowest BCUT2D eigenvalue weighted by Gasteiger charge is -2.12. The Hall–Kier alpha value is -3.57. The number of ether oxygens (including phenoxy) is 1. The van der Waals surface area contributed by atoms with Crippen molar-refractivity contribution in [3.63, 3.8) is 0 Å². The van der Waals surface area contributed by atoms with Gasteiger partial charge in [0, 0.05) is 5.56 Å². The normalized spacial score (nSPS) is 14.8. The molecular weight excluding hydrogens is 412 g/mol. The van der Waals surface area contributed by atoms with Gasteiger partial charge < -0.3 is 9.84 Å². The van der Waals surface area contributed by atoms with Crippen molar-refractivity contribution in [1.82, 2.24) is 0 Å². The number of hydrogen-bond acceptors (Lipinski definition) is 4. The van der Waals surface area contributed by atoms with E-state index in [0.29, 0.717) is 29.1 Å². The molecule has 31 heavy (non-hydrogen) atoms. The molecule has 5 nitrogen and oxygen atoms in total. The maximum Gasteiger partial charge on any atom is 0.281 e. The van der Waals surface area contributed by atoms with Crippen LogP contribution in [0, 0.1) is 6.92 Å². The van der Waals surface area contributed by atoms with E-state index in [1.807, 2.05) is 68.4 Å².